The van der Waals surface area contributed by atoms with Gasteiger partial charge < -0.3 is 9.73 Å². The maximum Gasteiger partial charge on any atom is 0.255 e. The Bertz CT molecular complexity index is 1320. The highest BCUT2D eigenvalue weighted by Crippen LogP contribution is 2.33. The van der Waals surface area contributed by atoms with Crippen LogP contribution in [0.4, 0.5) is 0 Å². The topological polar surface area (TPSA) is 82.9 Å². The number of furan rings is 1. The van der Waals surface area contributed by atoms with Crippen LogP contribution < -0.4 is 5.32 Å². The Balaban J connectivity index is 1.65. The van der Waals surface area contributed by atoms with Gasteiger partial charge in [0, 0.05) is 19.6 Å². The van der Waals surface area contributed by atoms with E-state index in [0.717, 1.165) is 49.2 Å². The Hall–Kier alpha value is -2.36. The molecule has 0 spiro atoms. The van der Waals surface area contributed by atoms with E-state index < -0.39 is 10.0 Å². The van der Waals surface area contributed by atoms with E-state index >= 15 is 0 Å². The fraction of sp³-hybridized carbons (Fsp3) is 0.370. The Kier molecular flexibility index (Phi) is 8.98. The van der Waals surface area contributed by atoms with Crippen molar-refractivity contribution in [3.63, 3.8) is 0 Å². The molecule has 0 saturated carbocycles. The number of likely N-dealkylation sites (tertiary alicyclic amines) is 1. The van der Waals surface area contributed by atoms with Crippen molar-refractivity contribution in [1.82, 2.24) is 14.5 Å². The van der Waals surface area contributed by atoms with Crippen LogP contribution in [0.5, 0.6) is 0 Å². The lowest BCUT2D eigenvalue weighted by atomic mass is 9.99. The first kappa shape index (κ1) is 27.7. The first-order chi connectivity index (χ1) is 17.7. The highest BCUT2D eigenvalue weighted by Gasteiger charge is 2.29. The molecule has 1 fully saturated rings. The summed E-state index contributed by atoms with van der Waals surface area (Å²) in [5.41, 5.74) is 3.25. The van der Waals surface area contributed by atoms with Gasteiger partial charge in [-0.3, -0.25) is 9.69 Å². The third-order valence-corrected chi connectivity index (χ3v) is 9.55. The molecule has 4 rings (SSSR count). The van der Waals surface area contributed by atoms with Gasteiger partial charge in [-0.25, -0.2) is 8.42 Å². The second kappa shape index (κ2) is 12.0. The molecule has 198 valence electrons. The van der Waals surface area contributed by atoms with Crippen molar-refractivity contribution in [3.8, 4) is 0 Å². The summed E-state index contributed by atoms with van der Waals surface area (Å²) in [5.74, 6) is -0.241. The molecule has 10 heteroatoms. The summed E-state index contributed by atoms with van der Waals surface area (Å²) >= 11 is 12.6. The fourth-order valence-corrected chi connectivity index (χ4v) is 7.09. The van der Waals surface area contributed by atoms with Gasteiger partial charge in [0.15, 0.2) is 0 Å². The van der Waals surface area contributed by atoms with Crippen LogP contribution in [0.2, 0.25) is 10.0 Å². The van der Waals surface area contributed by atoms with Crippen molar-refractivity contribution in [1.29, 1.82) is 0 Å². The monoisotopic (exact) mass is 563 g/mol. The van der Waals surface area contributed by atoms with Gasteiger partial charge in [0.1, 0.15) is 11.2 Å². The molecular formula is C27H31Cl2N3O4S. The van der Waals surface area contributed by atoms with Crippen LogP contribution in [0.1, 0.15) is 59.8 Å². The number of carbonyl (C=O) groups excluding carboxylic acids is 1. The standard InChI is InChI=1S/C27H31Cl2N3O4S/c1-3-32(37(34,35)26-24(28)7-6-8-25(26)29)17-23-15-20(9-10-21(23)16-31-12-4-5-13-31)19(2)30-27(33)22-11-14-36-18-22/h6-11,14-15,18-19H,3-5,12-13,16-17H2,1-2H3,(H,30,33). The summed E-state index contributed by atoms with van der Waals surface area (Å²) < 4.78 is 33.7. The fourth-order valence-electron chi connectivity index (χ4n) is 4.57. The molecule has 1 aromatic heterocycles. The summed E-state index contributed by atoms with van der Waals surface area (Å²) in [6.45, 7) is 6.85. The zero-order valence-corrected chi connectivity index (χ0v) is 23.2. The SMILES string of the molecule is CCN(Cc1cc(C(C)NC(=O)c2ccoc2)ccc1CN1CCCC1)S(=O)(=O)c1c(Cl)cccc1Cl. The number of rotatable bonds is 10. The van der Waals surface area contributed by atoms with Gasteiger partial charge in [0.05, 0.1) is 27.9 Å². The van der Waals surface area contributed by atoms with E-state index in [1.807, 2.05) is 25.1 Å². The number of sulfonamides is 1. The number of hydrogen-bond acceptors (Lipinski definition) is 5. The Morgan fingerprint density at radius 1 is 1.11 bits per heavy atom. The van der Waals surface area contributed by atoms with E-state index in [1.54, 1.807) is 19.1 Å². The third-order valence-electron chi connectivity index (χ3n) is 6.67. The molecule has 1 amide bonds. The van der Waals surface area contributed by atoms with Crippen molar-refractivity contribution in [2.45, 2.75) is 50.7 Å². The molecule has 1 atom stereocenters. The van der Waals surface area contributed by atoms with Gasteiger partial charge in [-0.2, -0.15) is 4.31 Å². The molecule has 1 saturated heterocycles. The third kappa shape index (κ3) is 6.38. The Labute approximate surface area is 228 Å². The van der Waals surface area contributed by atoms with E-state index in [1.165, 1.54) is 29.0 Å². The minimum atomic E-state index is -3.96. The molecule has 0 bridgehead atoms. The molecule has 1 aliphatic heterocycles. The molecule has 3 aromatic rings. The normalized spacial score (nSPS) is 15.3. The molecule has 0 aliphatic carbocycles. The van der Waals surface area contributed by atoms with Gasteiger partial charge in [-0.1, -0.05) is 54.4 Å². The van der Waals surface area contributed by atoms with Crippen molar-refractivity contribution in [2.75, 3.05) is 19.6 Å². The first-order valence-electron chi connectivity index (χ1n) is 12.3. The minimum absolute atomic E-state index is 0.0850. The number of amides is 1. The second-order valence-electron chi connectivity index (χ2n) is 9.20. The van der Waals surface area contributed by atoms with Gasteiger partial charge in [-0.15, -0.1) is 0 Å². The molecule has 1 unspecified atom stereocenters. The molecule has 1 N–H and O–H groups in total. The summed E-state index contributed by atoms with van der Waals surface area (Å²) in [4.78, 5) is 14.8. The van der Waals surface area contributed by atoms with Crippen LogP contribution >= 0.6 is 23.2 Å². The van der Waals surface area contributed by atoms with Crippen LogP contribution in [0.15, 0.2) is 64.3 Å². The number of nitrogens with zero attached hydrogens (tertiary/aromatic N) is 2. The van der Waals surface area contributed by atoms with Crippen molar-refractivity contribution < 1.29 is 17.6 Å². The Morgan fingerprint density at radius 3 is 2.43 bits per heavy atom. The van der Waals surface area contributed by atoms with Crippen LogP contribution in [-0.2, 0) is 23.1 Å². The van der Waals surface area contributed by atoms with Gasteiger partial charge in [0.25, 0.3) is 5.91 Å². The summed E-state index contributed by atoms with van der Waals surface area (Å²) in [5, 5.41) is 3.16. The quantitative estimate of drug-likeness (QED) is 0.333. The second-order valence-corrected chi connectivity index (χ2v) is 11.9. The van der Waals surface area contributed by atoms with Gasteiger partial charge in [0.2, 0.25) is 10.0 Å². The molecule has 2 heterocycles. The zero-order chi connectivity index (χ0) is 26.6. The molecule has 1 aliphatic rings. The average Bonchev–Trinajstić information content (AvgIpc) is 3.57. The maximum absolute atomic E-state index is 13.6. The Morgan fingerprint density at radius 2 is 1.81 bits per heavy atom. The highest BCUT2D eigenvalue weighted by molar-refractivity contribution is 7.89. The summed E-state index contributed by atoms with van der Waals surface area (Å²) in [6.07, 6.45) is 5.17. The summed E-state index contributed by atoms with van der Waals surface area (Å²) in [7, 11) is -3.96. The number of nitrogens with one attached hydrogen (secondary N) is 1. The number of halogens is 2. The van der Waals surface area contributed by atoms with Gasteiger partial charge in [-0.05, 0) is 67.7 Å². The number of benzene rings is 2. The van der Waals surface area contributed by atoms with Gasteiger partial charge >= 0.3 is 0 Å². The zero-order valence-electron chi connectivity index (χ0n) is 20.9. The van der Waals surface area contributed by atoms with E-state index in [9.17, 15) is 13.2 Å². The van der Waals surface area contributed by atoms with Crippen molar-refractivity contribution in [3.05, 3.63) is 87.3 Å². The molecule has 7 nitrogen and oxygen atoms in total. The molecule has 0 radical (unpaired) electrons. The lowest BCUT2D eigenvalue weighted by molar-refractivity contribution is 0.0939. The summed E-state index contributed by atoms with van der Waals surface area (Å²) in [6, 6.07) is 12.0. The predicted octanol–water partition coefficient (Wildman–Crippen LogP) is 5.88. The van der Waals surface area contributed by atoms with E-state index in [2.05, 4.69) is 10.2 Å². The number of hydrogen-bond donors (Lipinski definition) is 1. The predicted molar refractivity (Wildman–Crippen MR) is 145 cm³/mol. The van der Waals surface area contributed by atoms with Crippen LogP contribution in [-0.4, -0.2) is 43.2 Å². The largest absolute Gasteiger partial charge is 0.472 e. The average molecular weight is 565 g/mol. The maximum atomic E-state index is 13.6. The molecule has 2 aromatic carbocycles. The molecule has 37 heavy (non-hydrogen) atoms. The van der Waals surface area contributed by atoms with Crippen molar-refractivity contribution >= 4 is 39.1 Å². The van der Waals surface area contributed by atoms with Crippen LogP contribution in [0.25, 0.3) is 0 Å². The lowest BCUT2D eigenvalue weighted by Crippen LogP contribution is -2.32. The highest BCUT2D eigenvalue weighted by atomic mass is 35.5. The van der Waals surface area contributed by atoms with Crippen LogP contribution in [0, 0.1) is 0 Å². The van der Waals surface area contributed by atoms with Crippen LogP contribution in [0.3, 0.4) is 0 Å². The van der Waals surface area contributed by atoms with Crippen molar-refractivity contribution in [2.24, 2.45) is 0 Å². The van der Waals surface area contributed by atoms with E-state index in [4.69, 9.17) is 27.6 Å². The lowest BCUT2D eigenvalue weighted by Gasteiger charge is -2.25. The van der Waals surface area contributed by atoms with E-state index in [-0.39, 0.29) is 40.0 Å². The van der Waals surface area contributed by atoms with E-state index in [0.29, 0.717) is 5.56 Å². The minimum Gasteiger partial charge on any atom is -0.472 e. The number of carbonyl (C=O) groups is 1. The first-order valence-corrected chi connectivity index (χ1v) is 14.5. The smallest absolute Gasteiger partial charge is 0.255 e. The molecular weight excluding hydrogens is 533 g/mol.